The average molecular weight is 1410 g/mol. The van der Waals surface area contributed by atoms with Gasteiger partial charge < -0.3 is 28.1 Å². The summed E-state index contributed by atoms with van der Waals surface area (Å²) in [6.07, 6.45) is 11.2. The van der Waals surface area contributed by atoms with Crippen molar-refractivity contribution >= 4 is 54.6 Å². The third-order valence-corrected chi connectivity index (χ3v) is 17.9. The minimum atomic E-state index is 0. The summed E-state index contributed by atoms with van der Waals surface area (Å²) in [5, 5.41) is 6.66. The molecule has 0 N–H and O–H groups in total. The Balaban J connectivity index is 0.000000168. The topological polar surface area (TPSA) is 79.1 Å². The first-order valence-corrected chi connectivity index (χ1v) is 32.4. The Morgan fingerprint density at radius 2 is 1.05 bits per heavy atom. The van der Waals surface area contributed by atoms with Crippen molar-refractivity contribution in [3.05, 3.63) is 325 Å². The number of pyridine rings is 2. The Kier molecular flexibility index (Phi) is 17.8. The minimum Gasteiger partial charge on any atom is -0.500 e. The summed E-state index contributed by atoms with van der Waals surface area (Å²) in [5.74, 6) is 3.12. The van der Waals surface area contributed by atoms with Crippen LogP contribution in [0, 0.1) is 18.2 Å². The monoisotopic (exact) mass is 1410 g/mol. The largest absolute Gasteiger partial charge is 3.00 e. The second-order valence-corrected chi connectivity index (χ2v) is 24.7. The zero-order valence-corrected chi connectivity index (χ0v) is 55.7. The summed E-state index contributed by atoms with van der Waals surface area (Å²) < 4.78 is 22.0. The van der Waals surface area contributed by atoms with Crippen LogP contribution in [0.4, 0.5) is 0 Å². The summed E-state index contributed by atoms with van der Waals surface area (Å²) in [7, 11) is 0. The number of benzene rings is 11. The van der Waals surface area contributed by atoms with Crippen LogP contribution in [0.5, 0.6) is 11.5 Å². The van der Waals surface area contributed by atoms with E-state index in [1.165, 1.54) is 50.1 Å². The number of para-hydroxylation sites is 3. The van der Waals surface area contributed by atoms with Crippen LogP contribution in [-0.4, -0.2) is 19.5 Å². The van der Waals surface area contributed by atoms with E-state index < -0.39 is 0 Å². The first kappa shape index (κ1) is 61.7. The normalized spacial score (nSPS) is 11.4. The number of imidazole rings is 1. The molecule has 95 heavy (non-hydrogen) atoms. The van der Waals surface area contributed by atoms with Crippen molar-refractivity contribution in [1.82, 2.24) is 19.5 Å². The van der Waals surface area contributed by atoms with Gasteiger partial charge in [0.1, 0.15) is 28.2 Å². The van der Waals surface area contributed by atoms with Gasteiger partial charge in [-0.25, -0.2) is 0 Å². The van der Waals surface area contributed by atoms with Gasteiger partial charge >= 0.3 is 20.1 Å². The second-order valence-electron chi connectivity index (χ2n) is 24.7. The fraction of sp³-hybridized carbons (Fsp3) is 0.115. The molecule has 5 aromatic heterocycles. The molecule has 0 unspecified atom stereocenters. The molecule has 0 aliphatic rings. The first-order valence-electron chi connectivity index (χ1n) is 32.4. The predicted molar refractivity (Wildman–Crippen MR) is 384 cm³/mol. The Bertz CT molecular complexity index is 5220. The van der Waals surface area contributed by atoms with Crippen molar-refractivity contribution in [2.75, 3.05) is 0 Å². The maximum absolute atomic E-state index is 6.85. The molecule has 0 aliphatic heterocycles. The Hall–Kier alpha value is -10.8. The van der Waals surface area contributed by atoms with E-state index in [4.69, 9.17) is 18.6 Å². The summed E-state index contributed by atoms with van der Waals surface area (Å²) in [5.41, 5.74) is 21.5. The molecule has 0 amide bonds. The molecule has 0 saturated carbocycles. The summed E-state index contributed by atoms with van der Waals surface area (Å²) in [4.78, 5) is 14.0. The van der Waals surface area contributed by atoms with Crippen molar-refractivity contribution in [2.45, 2.75) is 65.2 Å². The van der Waals surface area contributed by atoms with E-state index in [1.807, 2.05) is 97.5 Å². The maximum atomic E-state index is 6.85. The van der Waals surface area contributed by atoms with Crippen LogP contribution in [0.25, 0.3) is 116 Å². The van der Waals surface area contributed by atoms with Crippen LogP contribution in [-0.2, 0) is 45.8 Å². The molecule has 0 fully saturated rings. The third kappa shape index (κ3) is 12.8. The number of fused-ring (bicyclic) bond motifs is 8. The average Bonchev–Trinajstić information content (AvgIpc) is 1.63. The zero-order chi connectivity index (χ0) is 63.5. The van der Waals surface area contributed by atoms with Gasteiger partial charge in [-0.1, -0.05) is 178 Å². The fourth-order valence-electron chi connectivity index (χ4n) is 13.0. The molecule has 16 aromatic rings. The van der Waals surface area contributed by atoms with E-state index in [9.17, 15) is 0 Å². The number of rotatable bonds is 16. The molecule has 0 spiro atoms. The van der Waals surface area contributed by atoms with E-state index in [2.05, 4.69) is 236 Å². The van der Waals surface area contributed by atoms with Gasteiger partial charge in [0.05, 0.1) is 11.4 Å². The van der Waals surface area contributed by atoms with Crippen molar-refractivity contribution in [1.29, 1.82) is 0 Å². The second kappa shape index (κ2) is 27.4. The Morgan fingerprint density at radius 1 is 0.411 bits per heavy atom. The van der Waals surface area contributed by atoms with Gasteiger partial charge in [0.25, 0.3) is 0 Å². The number of furan rings is 2. The van der Waals surface area contributed by atoms with Crippen LogP contribution >= 0.6 is 0 Å². The first-order chi connectivity index (χ1) is 46.2. The molecule has 7 nitrogen and oxygen atoms in total. The van der Waals surface area contributed by atoms with Gasteiger partial charge in [0, 0.05) is 52.0 Å². The van der Waals surface area contributed by atoms with Crippen LogP contribution in [0.15, 0.2) is 282 Å². The summed E-state index contributed by atoms with van der Waals surface area (Å²) in [6.45, 7) is 9.08. The standard InChI is InChI=1S/C49H37N2O2.C38H30N2O.Ir/c1-29(2)42-26-35(33-18-21-38-37-13-8-9-16-44(37)52-45(38)28-33)27-43(30(3)4)46(42)51-24-23-50-49(51)41-15-10-14-39-40-22-19-34-25-32(31-11-6-5-7-12-31)17-20-36(34)47(40)53-48(39)41;1-2-12-31(13-3-1)36-28-30(24-26-40-36)21-23-33-15-5-7-19-38(33)41-37-18-6-4-14-32(37)22-20-29-11-10-16-34(27-29)35-17-8-9-25-39-35;/h5-14,16-30H,1-4H3;1-12,14-15,17-19,24-28H,20-23H2;/q-1;-2;+3. The number of hydrogen-bond acceptors (Lipinski definition) is 6. The minimum absolute atomic E-state index is 0. The number of hydrogen-bond donors (Lipinski definition) is 0. The summed E-state index contributed by atoms with van der Waals surface area (Å²) in [6, 6.07) is 96.4. The zero-order valence-electron chi connectivity index (χ0n) is 53.3. The molecule has 16 rings (SSSR count). The third-order valence-electron chi connectivity index (χ3n) is 17.9. The van der Waals surface area contributed by atoms with Crippen molar-refractivity contribution in [2.24, 2.45) is 0 Å². The number of aryl methyl sites for hydroxylation is 4. The van der Waals surface area contributed by atoms with Gasteiger partial charge in [-0.15, -0.1) is 89.5 Å². The molecule has 8 heteroatoms. The fourth-order valence-corrected chi connectivity index (χ4v) is 13.0. The molecule has 0 aliphatic carbocycles. The molecule has 0 saturated heterocycles. The molecule has 5 heterocycles. The van der Waals surface area contributed by atoms with Gasteiger partial charge in [0.2, 0.25) is 0 Å². The molecule has 11 aromatic carbocycles. The van der Waals surface area contributed by atoms with Crippen molar-refractivity contribution in [3.8, 4) is 73.3 Å². The predicted octanol–water partition coefficient (Wildman–Crippen LogP) is 22.6. The molecule has 0 bridgehead atoms. The van der Waals surface area contributed by atoms with E-state index in [0.717, 1.165) is 137 Å². The van der Waals surface area contributed by atoms with Gasteiger partial charge in [0.15, 0.2) is 0 Å². The molecule has 462 valence electrons. The Morgan fingerprint density at radius 3 is 1.80 bits per heavy atom. The smallest absolute Gasteiger partial charge is 0.500 e. The number of ether oxygens (including phenoxy) is 1. The van der Waals surface area contributed by atoms with Crippen LogP contribution in [0.2, 0.25) is 0 Å². The van der Waals surface area contributed by atoms with Gasteiger partial charge in [-0.2, -0.15) is 0 Å². The van der Waals surface area contributed by atoms with Crippen molar-refractivity contribution in [3.63, 3.8) is 0 Å². The molecule has 0 atom stereocenters. The summed E-state index contributed by atoms with van der Waals surface area (Å²) >= 11 is 0. The Labute approximate surface area is 567 Å². The van der Waals surface area contributed by atoms with Crippen LogP contribution in [0.1, 0.15) is 72.9 Å². The quantitative estimate of drug-likeness (QED) is 0.0897. The maximum Gasteiger partial charge on any atom is 3.00 e. The van der Waals surface area contributed by atoms with Crippen molar-refractivity contribution < 1.29 is 33.7 Å². The molecule has 0 radical (unpaired) electrons. The van der Waals surface area contributed by atoms with E-state index in [1.54, 1.807) is 0 Å². The van der Waals surface area contributed by atoms with E-state index >= 15 is 0 Å². The van der Waals surface area contributed by atoms with E-state index in [0.29, 0.717) is 0 Å². The molecular formula is C87H67IrN4O3. The number of aromatic nitrogens is 4. The SMILES string of the molecule is CC(C)c1cc(-c2ccc3c(c2)oc2ccccc23)cc(C(C)C)c1-n1ccnc1-c1[c-]ccc2c1oc1c3ccc(-c4ccccc4)cc3ccc21.[Ir+3].[c-]1ccccc1-c1cc(CCc2ccccc2Oc2ccccc2CCc2cc[c-]c(-c3ccccn3)c2)ccn1. The van der Waals surface area contributed by atoms with E-state index in [-0.39, 0.29) is 31.9 Å². The van der Waals surface area contributed by atoms with Gasteiger partial charge in [-0.3, -0.25) is 4.98 Å². The van der Waals surface area contributed by atoms with Crippen LogP contribution in [0.3, 0.4) is 0 Å². The number of nitrogens with zero attached hydrogens (tertiary/aromatic N) is 4. The molecular weight excluding hydrogens is 1340 g/mol. The van der Waals surface area contributed by atoms with Crippen LogP contribution < -0.4 is 4.74 Å². The van der Waals surface area contributed by atoms with Gasteiger partial charge in [-0.05, 0) is 159 Å².